The normalized spacial score (nSPS) is 9.89. The zero-order valence-corrected chi connectivity index (χ0v) is 9.98. The van der Waals surface area contributed by atoms with Crippen molar-refractivity contribution in [2.45, 2.75) is 6.92 Å². The number of ether oxygens (including phenoxy) is 1. The first-order chi connectivity index (χ1) is 9.15. The molecule has 2 rings (SSSR count). The number of aromatic nitrogens is 3. The van der Waals surface area contributed by atoms with Crippen molar-refractivity contribution in [2.75, 3.05) is 6.61 Å². The average molecular weight is 259 g/mol. The minimum absolute atomic E-state index is 0.0244. The summed E-state index contributed by atoms with van der Waals surface area (Å²) in [4.78, 5) is 14.1. The van der Waals surface area contributed by atoms with Crippen molar-refractivity contribution in [2.24, 2.45) is 0 Å². The van der Waals surface area contributed by atoms with E-state index < -0.39 is 4.92 Å². The van der Waals surface area contributed by atoms with Gasteiger partial charge < -0.3 is 4.74 Å². The number of hydrogen-bond acceptors (Lipinski definition) is 6. The maximum Gasteiger partial charge on any atom is 0.311 e. The van der Waals surface area contributed by atoms with E-state index in [1.54, 1.807) is 13.0 Å². The first-order valence-corrected chi connectivity index (χ1v) is 5.39. The molecule has 0 aliphatic heterocycles. The van der Waals surface area contributed by atoms with Crippen LogP contribution in [0.4, 0.5) is 5.69 Å². The summed E-state index contributed by atoms with van der Waals surface area (Å²) >= 11 is 0. The maximum absolute atomic E-state index is 10.8. The highest BCUT2D eigenvalue weighted by molar-refractivity contribution is 5.52. The molecule has 8 nitrogen and oxygen atoms in total. The highest BCUT2D eigenvalue weighted by atomic mass is 16.6. The van der Waals surface area contributed by atoms with Gasteiger partial charge in [0.15, 0.2) is 5.75 Å². The largest absolute Gasteiger partial charge is 0.487 e. The molecule has 19 heavy (non-hydrogen) atoms. The lowest BCUT2D eigenvalue weighted by molar-refractivity contribution is -0.385. The van der Waals surface area contributed by atoms with Crippen LogP contribution in [0.2, 0.25) is 0 Å². The smallest absolute Gasteiger partial charge is 0.311 e. The van der Waals surface area contributed by atoms with Gasteiger partial charge in [0, 0.05) is 12.1 Å². The van der Waals surface area contributed by atoms with Crippen LogP contribution in [0.3, 0.4) is 0 Å². The fraction of sp³-hybridized carbons (Fsp3) is 0.182. The summed E-state index contributed by atoms with van der Waals surface area (Å²) in [6.45, 7) is 2.05. The fourth-order valence-corrected chi connectivity index (χ4v) is 1.51. The number of nitro groups is 1. The van der Waals surface area contributed by atoms with E-state index in [0.29, 0.717) is 12.3 Å². The third kappa shape index (κ3) is 2.50. The molecular weight excluding hydrogens is 250 g/mol. The predicted molar refractivity (Wildman–Crippen MR) is 63.9 cm³/mol. The summed E-state index contributed by atoms with van der Waals surface area (Å²) < 4.78 is 6.58. The second-order valence-electron chi connectivity index (χ2n) is 3.47. The summed E-state index contributed by atoms with van der Waals surface area (Å²) in [6.07, 6.45) is 1.36. The van der Waals surface area contributed by atoms with E-state index in [4.69, 9.17) is 10.00 Å². The van der Waals surface area contributed by atoms with Crippen molar-refractivity contribution < 1.29 is 9.66 Å². The molecule has 8 heteroatoms. The molecule has 0 N–H and O–H groups in total. The minimum Gasteiger partial charge on any atom is -0.487 e. The van der Waals surface area contributed by atoms with Crippen molar-refractivity contribution in [1.29, 1.82) is 5.26 Å². The fourth-order valence-electron chi connectivity index (χ4n) is 1.51. The zero-order chi connectivity index (χ0) is 13.8. The van der Waals surface area contributed by atoms with E-state index in [0.717, 1.165) is 0 Å². The average Bonchev–Trinajstić information content (AvgIpc) is 2.87. The van der Waals surface area contributed by atoms with Gasteiger partial charge in [-0.05, 0) is 13.0 Å². The van der Waals surface area contributed by atoms with Crippen molar-refractivity contribution in [1.82, 2.24) is 14.8 Å². The molecule has 96 valence electrons. The van der Waals surface area contributed by atoms with Crippen molar-refractivity contribution in [3.63, 3.8) is 0 Å². The number of nitrogens with zero attached hydrogens (tertiary/aromatic N) is 5. The first-order valence-electron chi connectivity index (χ1n) is 5.39. The molecule has 0 amide bonds. The SMILES string of the molecule is CCOc1cc(-n2cnc(C#N)n2)ccc1[N+](=O)[O-]. The van der Waals surface area contributed by atoms with Gasteiger partial charge in [0.05, 0.1) is 17.2 Å². The molecule has 1 heterocycles. The molecule has 0 fully saturated rings. The number of benzene rings is 1. The topological polar surface area (TPSA) is 107 Å². The molecule has 0 aliphatic rings. The van der Waals surface area contributed by atoms with Crippen LogP contribution in [0.25, 0.3) is 5.69 Å². The molecule has 0 unspecified atom stereocenters. The lowest BCUT2D eigenvalue weighted by atomic mass is 10.2. The molecule has 0 saturated carbocycles. The summed E-state index contributed by atoms with van der Waals surface area (Å²) in [5.74, 6) is 0.176. The van der Waals surface area contributed by atoms with Crippen LogP contribution < -0.4 is 4.74 Å². The molecule has 0 radical (unpaired) electrons. The second-order valence-corrected chi connectivity index (χ2v) is 3.47. The van der Waals surface area contributed by atoms with Crippen LogP contribution in [0.15, 0.2) is 24.5 Å². The van der Waals surface area contributed by atoms with Gasteiger partial charge in [-0.3, -0.25) is 10.1 Å². The Kier molecular flexibility index (Phi) is 3.38. The Morgan fingerprint density at radius 3 is 2.95 bits per heavy atom. The zero-order valence-electron chi connectivity index (χ0n) is 9.98. The quantitative estimate of drug-likeness (QED) is 0.607. The van der Waals surface area contributed by atoms with Gasteiger partial charge in [0.1, 0.15) is 12.4 Å². The van der Waals surface area contributed by atoms with Crippen LogP contribution in [0.1, 0.15) is 12.7 Å². The van der Waals surface area contributed by atoms with Crippen molar-refractivity contribution >= 4 is 5.69 Å². The first kappa shape index (κ1) is 12.5. The summed E-state index contributed by atoms with van der Waals surface area (Å²) in [6, 6.07) is 6.13. The standard InChI is InChI=1S/C11H9N5O3/c1-2-19-10-5-8(3-4-9(10)16(17)18)15-7-13-11(6-12)14-15/h3-5,7H,2H2,1H3. The van der Waals surface area contributed by atoms with Gasteiger partial charge in [-0.2, -0.15) is 5.26 Å². The third-order valence-electron chi connectivity index (χ3n) is 2.30. The predicted octanol–water partition coefficient (Wildman–Crippen LogP) is 1.45. The Morgan fingerprint density at radius 1 is 1.58 bits per heavy atom. The van der Waals surface area contributed by atoms with Gasteiger partial charge in [0.25, 0.3) is 5.82 Å². The summed E-state index contributed by atoms with van der Waals surface area (Å²) in [7, 11) is 0. The molecule has 0 atom stereocenters. The van der Waals surface area contributed by atoms with E-state index in [1.807, 2.05) is 0 Å². The third-order valence-corrected chi connectivity index (χ3v) is 2.30. The second kappa shape index (κ2) is 5.14. The van der Waals surface area contributed by atoms with Gasteiger partial charge in [-0.15, -0.1) is 5.10 Å². The molecule has 1 aromatic heterocycles. The van der Waals surface area contributed by atoms with Gasteiger partial charge in [0.2, 0.25) is 0 Å². The maximum atomic E-state index is 10.8. The summed E-state index contributed by atoms with van der Waals surface area (Å²) in [5.41, 5.74) is 0.411. The van der Waals surface area contributed by atoms with E-state index in [2.05, 4.69) is 10.1 Å². The minimum atomic E-state index is -0.517. The van der Waals surface area contributed by atoms with Crippen LogP contribution in [-0.2, 0) is 0 Å². The Labute approximate surface area is 108 Å². The highest BCUT2D eigenvalue weighted by Gasteiger charge is 2.16. The van der Waals surface area contributed by atoms with Crippen LogP contribution in [0.5, 0.6) is 5.75 Å². The number of nitriles is 1. The number of hydrogen-bond donors (Lipinski definition) is 0. The van der Waals surface area contributed by atoms with Crippen LogP contribution >= 0.6 is 0 Å². The Morgan fingerprint density at radius 2 is 2.37 bits per heavy atom. The van der Waals surface area contributed by atoms with E-state index >= 15 is 0 Å². The molecule has 0 bridgehead atoms. The van der Waals surface area contributed by atoms with Crippen molar-refractivity contribution in [3.05, 3.63) is 40.5 Å². The van der Waals surface area contributed by atoms with E-state index in [-0.39, 0.29) is 17.3 Å². The molecular formula is C11H9N5O3. The van der Waals surface area contributed by atoms with Gasteiger partial charge in [-0.25, -0.2) is 9.67 Å². The number of rotatable bonds is 4. The monoisotopic (exact) mass is 259 g/mol. The van der Waals surface area contributed by atoms with E-state index in [1.165, 1.54) is 29.2 Å². The Hall–Kier alpha value is -2.95. The van der Waals surface area contributed by atoms with Crippen molar-refractivity contribution in [3.8, 4) is 17.5 Å². The number of nitro benzene ring substituents is 1. The lowest BCUT2D eigenvalue weighted by Gasteiger charge is -2.06. The highest BCUT2D eigenvalue weighted by Crippen LogP contribution is 2.29. The van der Waals surface area contributed by atoms with Crippen LogP contribution in [0, 0.1) is 21.4 Å². The van der Waals surface area contributed by atoms with E-state index in [9.17, 15) is 10.1 Å². The molecule has 0 saturated heterocycles. The lowest BCUT2D eigenvalue weighted by Crippen LogP contribution is -2.01. The van der Waals surface area contributed by atoms with Crippen LogP contribution in [-0.4, -0.2) is 26.3 Å². The molecule has 0 aliphatic carbocycles. The van der Waals surface area contributed by atoms with Gasteiger partial charge in [-0.1, -0.05) is 0 Å². The molecule has 0 spiro atoms. The molecule has 1 aromatic carbocycles. The Balaban J connectivity index is 2.45. The summed E-state index contributed by atoms with van der Waals surface area (Å²) in [5, 5.41) is 23.4. The molecule has 2 aromatic rings. The Bertz CT molecular complexity index is 659. The van der Waals surface area contributed by atoms with Gasteiger partial charge >= 0.3 is 5.69 Å².